The molecule has 1 nitrogen and oxygen atoms in total. The minimum Gasteiger partial charge on any atom is -0.316 e. The second-order valence-electron chi connectivity index (χ2n) is 5.76. The molecule has 2 aromatic carbocycles. The lowest BCUT2D eigenvalue weighted by atomic mass is 9.90. The summed E-state index contributed by atoms with van der Waals surface area (Å²) in [5, 5.41) is 3.42. The predicted octanol–water partition coefficient (Wildman–Crippen LogP) is 4.38. The van der Waals surface area contributed by atoms with Crippen LogP contribution >= 0.6 is 0 Å². The van der Waals surface area contributed by atoms with Gasteiger partial charge in [0, 0.05) is 12.5 Å². The summed E-state index contributed by atoms with van der Waals surface area (Å²) in [6.07, 6.45) is 0.973. The topological polar surface area (TPSA) is 12.0 Å². The summed E-state index contributed by atoms with van der Waals surface area (Å²) in [4.78, 5) is 0. The Bertz CT molecular complexity index is 554. The molecule has 2 heteroatoms. The molecule has 0 fully saturated rings. The molecule has 0 radical (unpaired) electrons. The highest BCUT2D eigenvalue weighted by Crippen LogP contribution is 2.22. The Morgan fingerprint density at radius 1 is 1.00 bits per heavy atom. The summed E-state index contributed by atoms with van der Waals surface area (Å²) in [5.41, 5.74) is 5.13. The van der Waals surface area contributed by atoms with E-state index in [9.17, 15) is 4.39 Å². The van der Waals surface area contributed by atoms with Gasteiger partial charge in [-0.15, -0.1) is 0 Å². The average Bonchev–Trinajstić information content (AvgIpc) is 2.43. The number of benzene rings is 2. The van der Waals surface area contributed by atoms with E-state index in [-0.39, 0.29) is 5.82 Å². The van der Waals surface area contributed by atoms with Gasteiger partial charge in [0.15, 0.2) is 0 Å². The van der Waals surface area contributed by atoms with Crippen LogP contribution in [-0.4, -0.2) is 13.1 Å². The highest BCUT2D eigenvalue weighted by Gasteiger charge is 2.12. The molecule has 0 saturated heterocycles. The summed E-state index contributed by atoms with van der Waals surface area (Å²) in [6.45, 7) is 8.24. The Morgan fingerprint density at radius 3 is 2.19 bits per heavy atom. The molecule has 0 aromatic heterocycles. The van der Waals surface area contributed by atoms with Crippen molar-refractivity contribution in [2.45, 2.75) is 33.1 Å². The fraction of sp³-hybridized carbons (Fsp3) is 0.368. The van der Waals surface area contributed by atoms with Crippen LogP contribution in [0, 0.1) is 19.7 Å². The first-order valence-corrected chi connectivity index (χ1v) is 7.62. The Labute approximate surface area is 127 Å². The Kier molecular flexibility index (Phi) is 5.51. The van der Waals surface area contributed by atoms with Crippen LogP contribution < -0.4 is 5.32 Å². The van der Waals surface area contributed by atoms with E-state index in [1.807, 2.05) is 12.1 Å². The maximum atomic E-state index is 13.1. The molecule has 0 saturated carbocycles. The van der Waals surface area contributed by atoms with Gasteiger partial charge in [0.2, 0.25) is 0 Å². The Balaban J connectivity index is 2.21. The van der Waals surface area contributed by atoms with Crippen molar-refractivity contribution in [3.63, 3.8) is 0 Å². The fourth-order valence-electron chi connectivity index (χ4n) is 2.83. The molecule has 0 heterocycles. The lowest BCUT2D eigenvalue weighted by molar-refractivity contribution is 0.589. The minimum absolute atomic E-state index is 0.174. The van der Waals surface area contributed by atoms with Crippen molar-refractivity contribution in [1.29, 1.82) is 0 Å². The zero-order valence-corrected chi connectivity index (χ0v) is 13.1. The predicted molar refractivity (Wildman–Crippen MR) is 87.3 cm³/mol. The first kappa shape index (κ1) is 15.7. The van der Waals surface area contributed by atoms with Gasteiger partial charge < -0.3 is 5.32 Å². The molecule has 21 heavy (non-hydrogen) atoms. The van der Waals surface area contributed by atoms with E-state index in [0.717, 1.165) is 19.5 Å². The van der Waals surface area contributed by atoms with Crippen molar-refractivity contribution < 1.29 is 4.39 Å². The Morgan fingerprint density at radius 2 is 1.62 bits per heavy atom. The van der Waals surface area contributed by atoms with E-state index in [2.05, 4.69) is 44.3 Å². The summed E-state index contributed by atoms with van der Waals surface area (Å²) in [6, 6.07) is 13.6. The minimum atomic E-state index is -0.174. The third-order valence-electron chi connectivity index (χ3n) is 3.75. The van der Waals surface area contributed by atoms with Crippen LogP contribution in [0.2, 0.25) is 0 Å². The largest absolute Gasteiger partial charge is 0.316 e. The van der Waals surface area contributed by atoms with E-state index in [1.54, 1.807) is 12.1 Å². The zero-order valence-electron chi connectivity index (χ0n) is 13.1. The van der Waals surface area contributed by atoms with Gasteiger partial charge in [-0.3, -0.25) is 0 Å². The average molecular weight is 285 g/mol. The van der Waals surface area contributed by atoms with Crippen molar-refractivity contribution in [3.05, 3.63) is 70.5 Å². The maximum absolute atomic E-state index is 13.1. The fourth-order valence-corrected chi connectivity index (χ4v) is 2.83. The van der Waals surface area contributed by atoms with Crippen molar-refractivity contribution in [1.82, 2.24) is 5.32 Å². The summed E-state index contributed by atoms with van der Waals surface area (Å²) in [7, 11) is 0. The second-order valence-corrected chi connectivity index (χ2v) is 5.76. The molecule has 0 aliphatic rings. The third kappa shape index (κ3) is 4.68. The molecule has 1 atom stereocenters. The van der Waals surface area contributed by atoms with Gasteiger partial charge in [0.25, 0.3) is 0 Å². The quantitative estimate of drug-likeness (QED) is 0.830. The molecule has 112 valence electrons. The molecule has 0 spiro atoms. The number of nitrogens with one attached hydrogen (secondary N) is 1. The van der Waals surface area contributed by atoms with E-state index in [1.165, 1.54) is 22.3 Å². The van der Waals surface area contributed by atoms with Crippen molar-refractivity contribution in [2.75, 3.05) is 13.1 Å². The number of rotatable bonds is 6. The van der Waals surface area contributed by atoms with Crippen LogP contribution in [0.25, 0.3) is 0 Å². The van der Waals surface area contributed by atoms with Gasteiger partial charge in [-0.2, -0.15) is 0 Å². The summed E-state index contributed by atoms with van der Waals surface area (Å²) >= 11 is 0. The van der Waals surface area contributed by atoms with E-state index < -0.39 is 0 Å². The van der Waals surface area contributed by atoms with Crippen LogP contribution in [0.3, 0.4) is 0 Å². The first-order valence-electron chi connectivity index (χ1n) is 7.62. The number of likely N-dealkylation sites (N-methyl/N-ethyl adjacent to an activating group) is 1. The van der Waals surface area contributed by atoms with E-state index >= 15 is 0 Å². The van der Waals surface area contributed by atoms with E-state index in [4.69, 9.17) is 0 Å². The molecular weight excluding hydrogens is 261 g/mol. The van der Waals surface area contributed by atoms with E-state index in [0.29, 0.717) is 5.92 Å². The van der Waals surface area contributed by atoms with Gasteiger partial charge in [-0.25, -0.2) is 4.39 Å². The number of hydrogen-bond acceptors (Lipinski definition) is 1. The second kappa shape index (κ2) is 7.37. The van der Waals surface area contributed by atoms with Crippen molar-refractivity contribution in [3.8, 4) is 0 Å². The molecule has 1 N–H and O–H groups in total. The van der Waals surface area contributed by atoms with Crippen molar-refractivity contribution in [2.24, 2.45) is 0 Å². The summed E-state index contributed by atoms with van der Waals surface area (Å²) < 4.78 is 13.1. The van der Waals surface area contributed by atoms with Gasteiger partial charge >= 0.3 is 0 Å². The summed E-state index contributed by atoms with van der Waals surface area (Å²) in [5.74, 6) is 0.194. The third-order valence-corrected chi connectivity index (χ3v) is 3.75. The number of hydrogen-bond donors (Lipinski definition) is 1. The maximum Gasteiger partial charge on any atom is 0.123 e. The number of halogens is 1. The molecule has 2 aromatic rings. The molecule has 0 bridgehead atoms. The molecule has 0 aliphatic heterocycles. The van der Waals surface area contributed by atoms with Crippen LogP contribution in [0.15, 0.2) is 42.5 Å². The smallest absolute Gasteiger partial charge is 0.123 e. The standard InChI is InChI=1S/C19H24FN/c1-4-21-13-18(17-5-7-19(20)8-6-17)12-16-10-14(2)9-15(3)11-16/h5-11,18,21H,4,12-13H2,1-3H3. The first-order chi connectivity index (χ1) is 10.1. The van der Waals surface area contributed by atoms with Crippen LogP contribution in [0.5, 0.6) is 0 Å². The zero-order chi connectivity index (χ0) is 15.2. The van der Waals surface area contributed by atoms with Gasteiger partial charge in [-0.05, 0) is 50.1 Å². The number of aryl methyl sites for hydroxylation is 2. The molecule has 2 rings (SSSR count). The van der Waals surface area contributed by atoms with Gasteiger partial charge in [-0.1, -0.05) is 48.4 Å². The lowest BCUT2D eigenvalue weighted by Crippen LogP contribution is -2.22. The molecule has 0 amide bonds. The Hall–Kier alpha value is -1.67. The van der Waals surface area contributed by atoms with Crippen LogP contribution in [-0.2, 0) is 6.42 Å². The normalized spacial score (nSPS) is 12.4. The monoisotopic (exact) mass is 285 g/mol. The van der Waals surface area contributed by atoms with Crippen molar-refractivity contribution >= 4 is 0 Å². The molecule has 0 aliphatic carbocycles. The molecular formula is C19H24FN. The SMILES string of the molecule is CCNCC(Cc1cc(C)cc(C)c1)c1ccc(F)cc1. The van der Waals surface area contributed by atoms with Gasteiger partial charge in [0.05, 0.1) is 0 Å². The molecule has 1 unspecified atom stereocenters. The highest BCUT2D eigenvalue weighted by atomic mass is 19.1. The van der Waals surface area contributed by atoms with Crippen LogP contribution in [0.1, 0.15) is 35.1 Å². The lowest BCUT2D eigenvalue weighted by Gasteiger charge is -2.19. The van der Waals surface area contributed by atoms with Crippen LogP contribution in [0.4, 0.5) is 4.39 Å². The van der Waals surface area contributed by atoms with Gasteiger partial charge in [0.1, 0.15) is 5.82 Å². The highest BCUT2D eigenvalue weighted by molar-refractivity contribution is 5.31.